The molecule has 1 aliphatic carbocycles. The lowest BCUT2D eigenvalue weighted by Crippen LogP contribution is -2.26. The van der Waals surface area contributed by atoms with Crippen LogP contribution in [0.5, 0.6) is 11.5 Å². The van der Waals surface area contributed by atoms with Gasteiger partial charge in [0.2, 0.25) is 0 Å². The van der Waals surface area contributed by atoms with Crippen LogP contribution in [0.2, 0.25) is 0 Å². The third-order valence-electron chi connectivity index (χ3n) is 6.51. The number of rotatable bonds is 6. The lowest BCUT2D eigenvalue weighted by molar-refractivity contribution is 0.102. The fourth-order valence-electron chi connectivity index (χ4n) is 4.30. The molecule has 3 aromatic rings. The standard InChI is InChI=1S/C28H30N2O3S/c1-28(2,3)20-9-14-23-24(16-29)27(34-25(23)15-20)30-26(31)19-7-5-18(6-8-19)17-33-22-12-10-21(32-4)11-13-22/h5-8,10-13,20H,9,14-15,17H2,1-4H3,(H,30,31)/t20-/m1/s1. The van der Waals surface area contributed by atoms with Crippen molar-refractivity contribution in [2.24, 2.45) is 11.3 Å². The van der Waals surface area contributed by atoms with Crippen molar-refractivity contribution in [3.63, 3.8) is 0 Å². The van der Waals surface area contributed by atoms with Gasteiger partial charge in [0, 0.05) is 10.4 Å². The molecule has 0 saturated heterocycles. The van der Waals surface area contributed by atoms with Gasteiger partial charge in [-0.2, -0.15) is 5.26 Å². The Hall–Kier alpha value is -3.30. The van der Waals surface area contributed by atoms with Gasteiger partial charge in [-0.15, -0.1) is 11.3 Å². The highest BCUT2D eigenvalue weighted by molar-refractivity contribution is 7.16. The van der Waals surface area contributed by atoms with Crippen LogP contribution < -0.4 is 14.8 Å². The van der Waals surface area contributed by atoms with Gasteiger partial charge in [0.25, 0.3) is 5.91 Å². The zero-order valence-electron chi connectivity index (χ0n) is 20.1. The zero-order chi connectivity index (χ0) is 24.3. The van der Waals surface area contributed by atoms with Crippen LogP contribution in [0.15, 0.2) is 48.5 Å². The van der Waals surface area contributed by atoms with E-state index < -0.39 is 0 Å². The van der Waals surface area contributed by atoms with Gasteiger partial charge in [-0.3, -0.25) is 4.79 Å². The van der Waals surface area contributed by atoms with Gasteiger partial charge in [-0.1, -0.05) is 32.9 Å². The van der Waals surface area contributed by atoms with Crippen molar-refractivity contribution >= 4 is 22.2 Å². The number of nitrogens with one attached hydrogen (secondary N) is 1. The highest BCUT2D eigenvalue weighted by Gasteiger charge is 2.32. The number of methoxy groups -OCH3 is 1. The minimum atomic E-state index is -0.204. The van der Waals surface area contributed by atoms with Crippen LogP contribution in [0.1, 0.15) is 59.1 Å². The lowest BCUT2D eigenvalue weighted by atomic mass is 9.72. The van der Waals surface area contributed by atoms with Crippen molar-refractivity contribution in [1.82, 2.24) is 0 Å². The Morgan fingerprint density at radius 2 is 1.79 bits per heavy atom. The van der Waals surface area contributed by atoms with Gasteiger partial charge in [0.1, 0.15) is 29.2 Å². The second kappa shape index (κ2) is 9.90. The number of amides is 1. The number of hydrogen-bond acceptors (Lipinski definition) is 5. The third-order valence-corrected chi connectivity index (χ3v) is 7.68. The van der Waals surface area contributed by atoms with Crippen molar-refractivity contribution in [3.05, 3.63) is 75.7 Å². The monoisotopic (exact) mass is 474 g/mol. The summed E-state index contributed by atoms with van der Waals surface area (Å²) < 4.78 is 11.0. The van der Waals surface area contributed by atoms with Gasteiger partial charge in [-0.25, -0.2) is 0 Å². The minimum absolute atomic E-state index is 0.204. The number of ether oxygens (including phenoxy) is 2. The maximum absolute atomic E-state index is 12.9. The van der Waals surface area contributed by atoms with E-state index in [0.29, 0.717) is 28.7 Å². The predicted octanol–water partition coefficient (Wildman–Crippen LogP) is 6.61. The minimum Gasteiger partial charge on any atom is -0.497 e. The Morgan fingerprint density at radius 3 is 2.41 bits per heavy atom. The zero-order valence-corrected chi connectivity index (χ0v) is 20.9. The van der Waals surface area contributed by atoms with Crippen molar-refractivity contribution in [2.75, 3.05) is 12.4 Å². The van der Waals surface area contributed by atoms with Crippen molar-refractivity contribution in [3.8, 4) is 17.6 Å². The summed E-state index contributed by atoms with van der Waals surface area (Å²) >= 11 is 1.56. The van der Waals surface area contributed by atoms with Crippen molar-refractivity contribution < 1.29 is 14.3 Å². The van der Waals surface area contributed by atoms with E-state index >= 15 is 0 Å². The molecule has 34 heavy (non-hydrogen) atoms. The van der Waals surface area contributed by atoms with E-state index in [1.165, 1.54) is 4.88 Å². The van der Waals surface area contributed by atoms with E-state index in [-0.39, 0.29) is 11.3 Å². The lowest BCUT2D eigenvalue weighted by Gasteiger charge is -2.33. The quantitative estimate of drug-likeness (QED) is 0.436. The molecule has 4 rings (SSSR count). The molecule has 2 aromatic carbocycles. The Bertz CT molecular complexity index is 1200. The van der Waals surface area contributed by atoms with Crippen molar-refractivity contribution in [1.29, 1.82) is 5.26 Å². The summed E-state index contributed by atoms with van der Waals surface area (Å²) in [6.07, 6.45) is 2.95. The van der Waals surface area contributed by atoms with Crippen LogP contribution in [0.25, 0.3) is 0 Å². The number of hydrogen-bond donors (Lipinski definition) is 1. The number of anilines is 1. The fraction of sp³-hybridized carbons (Fsp3) is 0.357. The molecule has 0 aliphatic heterocycles. The normalized spacial score (nSPS) is 15.2. The third kappa shape index (κ3) is 5.26. The highest BCUT2D eigenvalue weighted by Crippen LogP contribution is 2.44. The number of carbonyl (C=O) groups is 1. The van der Waals surface area contributed by atoms with E-state index in [2.05, 4.69) is 32.2 Å². The Balaban J connectivity index is 1.41. The van der Waals surface area contributed by atoms with E-state index in [4.69, 9.17) is 9.47 Å². The first-order valence-corrected chi connectivity index (χ1v) is 12.3. The molecular formula is C28H30N2O3S. The summed E-state index contributed by atoms with van der Waals surface area (Å²) in [7, 11) is 1.63. The molecule has 1 N–H and O–H groups in total. The summed E-state index contributed by atoms with van der Waals surface area (Å²) in [6, 6.07) is 17.1. The van der Waals surface area contributed by atoms with Crippen molar-refractivity contribution in [2.45, 2.75) is 46.6 Å². The summed E-state index contributed by atoms with van der Waals surface area (Å²) in [5.41, 5.74) is 3.50. The number of nitriles is 1. The molecule has 1 amide bonds. The van der Waals surface area contributed by atoms with Crippen LogP contribution in [0, 0.1) is 22.7 Å². The first-order chi connectivity index (χ1) is 16.3. The van der Waals surface area contributed by atoms with E-state index in [1.54, 1.807) is 30.6 Å². The number of nitrogens with zero attached hydrogens (tertiary/aromatic N) is 1. The maximum atomic E-state index is 12.9. The van der Waals surface area contributed by atoms with Crippen LogP contribution in [0.4, 0.5) is 5.00 Å². The van der Waals surface area contributed by atoms with E-state index in [1.807, 2.05) is 36.4 Å². The molecule has 0 saturated carbocycles. The Labute approximate surface area is 205 Å². The summed E-state index contributed by atoms with van der Waals surface area (Å²) in [5.74, 6) is 1.91. The average Bonchev–Trinajstić information content (AvgIpc) is 3.18. The van der Waals surface area contributed by atoms with Gasteiger partial charge >= 0.3 is 0 Å². The smallest absolute Gasteiger partial charge is 0.256 e. The molecule has 1 atom stereocenters. The van der Waals surface area contributed by atoms with Gasteiger partial charge in [-0.05, 0) is 78.1 Å². The maximum Gasteiger partial charge on any atom is 0.256 e. The molecule has 1 aliphatic rings. The van der Waals surface area contributed by atoms with Crippen LogP contribution in [-0.2, 0) is 19.4 Å². The van der Waals surface area contributed by atoms with Crippen LogP contribution in [-0.4, -0.2) is 13.0 Å². The molecule has 0 fully saturated rings. The summed E-state index contributed by atoms with van der Waals surface area (Å²) in [5, 5.41) is 13.4. The number of thiophene rings is 1. The van der Waals surface area contributed by atoms with Crippen LogP contribution >= 0.6 is 11.3 Å². The molecule has 0 spiro atoms. The topological polar surface area (TPSA) is 71.3 Å². The molecule has 6 heteroatoms. The largest absolute Gasteiger partial charge is 0.497 e. The van der Waals surface area contributed by atoms with Gasteiger partial charge in [0.15, 0.2) is 0 Å². The van der Waals surface area contributed by atoms with Crippen LogP contribution in [0.3, 0.4) is 0 Å². The number of fused-ring (bicyclic) bond motifs is 1. The van der Waals surface area contributed by atoms with E-state index in [9.17, 15) is 10.1 Å². The number of carbonyl (C=O) groups excluding carboxylic acids is 1. The molecule has 176 valence electrons. The second-order valence-corrected chi connectivity index (χ2v) is 10.8. The molecule has 1 heterocycles. The first kappa shape index (κ1) is 23.8. The molecule has 5 nitrogen and oxygen atoms in total. The van der Waals surface area contributed by atoms with Gasteiger partial charge < -0.3 is 14.8 Å². The number of benzene rings is 2. The summed E-state index contributed by atoms with van der Waals surface area (Å²) in [4.78, 5) is 14.2. The molecule has 0 bridgehead atoms. The average molecular weight is 475 g/mol. The molecule has 1 aromatic heterocycles. The molecule has 0 unspecified atom stereocenters. The second-order valence-electron chi connectivity index (χ2n) is 9.74. The fourth-order valence-corrected chi connectivity index (χ4v) is 5.57. The van der Waals surface area contributed by atoms with Gasteiger partial charge in [0.05, 0.1) is 12.7 Å². The molecular weight excluding hydrogens is 444 g/mol. The SMILES string of the molecule is COc1ccc(OCc2ccc(C(=O)Nc3sc4c(c3C#N)CC[C@@H](C(C)(C)C)C4)cc2)cc1. The Morgan fingerprint density at radius 1 is 1.12 bits per heavy atom. The van der Waals surface area contributed by atoms with E-state index in [0.717, 1.165) is 41.9 Å². The predicted molar refractivity (Wildman–Crippen MR) is 136 cm³/mol. The molecule has 0 radical (unpaired) electrons. The summed E-state index contributed by atoms with van der Waals surface area (Å²) in [6.45, 7) is 7.22. The first-order valence-electron chi connectivity index (χ1n) is 11.5. The highest BCUT2D eigenvalue weighted by atomic mass is 32.1. The Kier molecular flexibility index (Phi) is 6.95.